The number of esters is 1. The minimum absolute atomic E-state index is 0.0667. The standard InChI is InChI=1S/C9H11ClN2O4S/c1-2-16-9(13)7-4-3-5-8(6-7)17(14,15)12(10)11/h3-6H,2,11H2,1H3. The van der Waals surface area contributed by atoms with E-state index in [4.69, 9.17) is 22.4 Å². The summed E-state index contributed by atoms with van der Waals surface area (Å²) in [4.78, 5) is 11.2. The van der Waals surface area contributed by atoms with E-state index >= 15 is 0 Å². The minimum atomic E-state index is -3.98. The molecule has 17 heavy (non-hydrogen) atoms. The summed E-state index contributed by atoms with van der Waals surface area (Å²) in [6.45, 7) is 1.85. The molecule has 0 aliphatic carbocycles. The number of ether oxygens (including phenoxy) is 1. The zero-order chi connectivity index (χ0) is 13.1. The molecule has 1 aromatic rings. The SMILES string of the molecule is CCOC(=O)c1cccc(S(=O)(=O)N(N)Cl)c1. The van der Waals surface area contributed by atoms with E-state index in [-0.39, 0.29) is 21.0 Å². The van der Waals surface area contributed by atoms with Crippen LogP contribution in [-0.2, 0) is 14.8 Å². The van der Waals surface area contributed by atoms with Crippen molar-refractivity contribution in [2.45, 2.75) is 11.8 Å². The van der Waals surface area contributed by atoms with E-state index in [0.717, 1.165) is 6.07 Å². The monoisotopic (exact) mass is 278 g/mol. The Morgan fingerprint density at radius 1 is 1.53 bits per heavy atom. The molecule has 0 aliphatic rings. The minimum Gasteiger partial charge on any atom is -0.462 e. The van der Waals surface area contributed by atoms with Crippen molar-refractivity contribution in [3.05, 3.63) is 29.8 Å². The number of carbonyl (C=O) groups excluding carboxylic acids is 1. The van der Waals surface area contributed by atoms with Crippen LogP contribution in [0.15, 0.2) is 29.2 Å². The zero-order valence-corrected chi connectivity index (χ0v) is 10.5. The van der Waals surface area contributed by atoms with Crippen LogP contribution in [0.2, 0.25) is 0 Å². The Morgan fingerprint density at radius 2 is 2.18 bits per heavy atom. The molecule has 0 fully saturated rings. The molecule has 6 nitrogen and oxygen atoms in total. The van der Waals surface area contributed by atoms with Crippen LogP contribution < -0.4 is 5.84 Å². The summed E-state index contributed by atoms with van der Waals surface area (Å²) in [6.07, 6.45) is 0. The molecule has 8 heteroatoms. The van der Waals surface area contributed by atoms with Crippen molar-refractivity contribution in [1.82, 2.24) is 3.93 Å². The molecule has 0 spiro atoms. The van der Waals surface area contributed by atoms with E-state index in [1.165, 1.54) is 18.2 Å². The van der Waals surface area contributed by atoms with Crippen molar-refractivity contribution >= 4 is 27.8 Å². The van der Waals surface area contributed by atoms with Crippen LogP contribution in [0, 0.1) is 0 Å². The summed E-state index contributed by atoms with van der Waals surface area (Å²) in [5.41, 5.74) is 0.117. The van der Waals surface area contributed by atoms with Gasteiger partial charge in [-0.3, -0.25) is 0 Å². The molecule has 0 heterocycles. The third kappa shape index (κ3) is 3.16. The van der Waals surface area contributed by atoms with Crippen LogP contribution in [0.5, 0.6) is 0 Å². The van der Waals surface area contributed by atoms with E-state index in [0.29, 0.717) is 0 Å². The Bertz CT molecular complexity index is 515. The van der Waals surface area contributed by atoms with Crippen molar-refractivity contribution in [1.29, 1.82) is 0 Å². The molecule has 0 saturated heterocycles. The highest BCUT2D eigenvalue weighted by molar-refractivity contribution is 7.90. The number of hydrazine groups is 1. The van der Waals surface area contributed by atoms with Gasteiger partial charge in [0.05, 0.1) is 17.1 Å². The fourth-order valence-electron chi connectivity index (χ4n) is 1.10. The molecule has 0 amide bonds. The van der Waals surface area contributed by atoms with Gasteiger partial charge in [-0.25, -0.2) is 19.1 Å². The van der Waals surface area contributed by atoms with Crippen molar-refractivity contribution in [3.8, 4) is 0 Å². The van der Waals surface area contributed by atoms with E-state index in [9.17, 15) is 13.2 Å². The third-order valence-corrected chi connectivity index (χ3v) is 3.73. The van der Waals surface area contributed by atoms with Crippen LogP contribution in [0.3, 0.4) is 0 Å². The summed E-state index contributed by atoms with van der Waals surface area (Å²) >= 11 is 5.20. The smallest absolute Gasteiger partial charge is 0.338 e. The molecule has 0 aliphatic heterocycles. The lowest BCUT2D eigenvalue weighted by molar-refractivity contribution is 0.0526. The lowest BCUT2D eigenvalue weighted by Crippen LogP contribution is -2.28. The second kappa shape index (κ2) is 5.46. The first-order chi connectivity index (χ1) is 7.89. The Morgan fingerprint density at radius 3 is 2.71 bits per heavy atom. The molecule has 0 bridgehead atoms. The average Bonchev–Trinajstić information content (AvgIpc) is 2.29. The number of sulfonamides is 1. The lowest BCUT2D eigenvalue weighted by atomic mass is 10.2. The number of nitrogens with two attached hydrogens (primary N) is 1. The van der Waals surface area contributed by atoms with E-state index in [2.05, 4.69) is 0 Å². The number of hydrogen-bond donors (Lipinski definition) is 1. The molecular formula is C9H11ClN2O4S. The summed E-state index contributed by atoms with van der Waals surface area (Å²) in [5.74, 6) is 4.37. The molecule has 94 valence electrons. The quantitative estimate of drug-likeness (QED) is 0.382. The van der Waals surface area contributed by atoms with Gasteiger partial charge in [0.1, 0.15) is 0 Å². The molecule has 1 rings (SSSR count). The van der Waals surface area contributed by atoms with Crippen LogP contribution in [0.4, 0.5) is 0 Å². The van der Waals surface area contributed by atoms with Crippen LogP contribution in [0.1, 0.15) is 17.3 Å². The van der Waals surface area contributed by atoms with Crippen molar-refractivity contribution in [3.63, 3.8) is 0 Å². The van der Waals surface area contributed by atoms with E-state index < -0.39 is 16.0 Å². The number of hydrogen-bond acceptors (Lipinski definition) is 5. The Balaban J connectivity index is 3.14. The summed E-state index contributed by atoms with van der Waals surface area (Å²) in [7, 11) is -3.98. The fraction of sp³-hybridized carbons (Fsp3) is 0.222. The Labute approximate surface area is 104 Å². The van der Waals surface area contributed by atoms with Crippen molar-refractivity contribution in [2.75, 3.05) is 6.61 Å². The topological polar surface area (TPSA) is 89.7 Å². The number of nitrogens with zero attached hydrogens (tertiary/aromatic N) is 1. The molecular weight excluding hydrogens is 268 g/mol. The van der Waals surface area contributed by atoms with Gasteiger partial charge < -0.3 is 4.74 Å². The molecule has 0 atom stereocenters. The number of rotatable bonds is 4. The zero-order valence-electron chi connectivity index (χ0n) is 8.96. The van der Waals surface area contributed by atoms with Crippen molar-refractivity contribution < 1.29 is 17.9 Å². The molecule has 0 unspecified atom stereocenters. The Kier molecular flexibility index (Phi) is 4.47. The van der Waals surface area contributed by atoms with Gasteiger partial charge in [-0.2, -0.15) is 0 Å². The van der Waals surface area contributed by atoms with Gasteiger partial charge in [0.2, 0.25) is 0 Å². The van der Waals surface area contributed by atoms with Gasteiger partial charge in [-0.15, -0.1) is 0 Å². The van der Waals surface area contributed by atoms with Crippen molar-refractivity contribution in [2.24, 2.45) is 5.84 Å². The predicted octanol–water partition coefficient (Wildman–Crippen LogP) is 0.882. The normalized spacial score (nSPS) is 11.5. The van der Waals surface area contributed by atoms with Gasteiger partial charge in [-0.05, 0) is 29.1 Å². The summed E-state index contributed by atoms with van der Waals surface area (Å²) in [5, 5.41) is 0. The highest BCUT2D eigenvalue weighted by Crippen LogP contribution is 2.16. The van der Waals surface area contributed by atoms with E-state index in [1.807, 2.05) is 0 Å². The van der Waals surface area contributed by atoms with Gasteiger partial charge in [0.15, 0.2) is 0 Å². The Hall–Kier alpha value is -1.15. The van der Waals surface area contributed by atoms with Gasteiger partial charge in [0.25, 0.3) is 10.0 Å². The number of halogens is 1. The first-order valence-electron chi connectivity index (χ1n) is 4.62. The van der Waals surface area contributed by atoms with E-state index in [1.54, 1.807) is 6.92 Å². The molecule has 0 radical (unpaired) electrons. The van der Waals surface area contributed by atoms with Crippen LogP contribution in [-0.4, -0.2) is 24.9 Å². The second-order valence-corrected chi connectivity index (χ2v) is 5.37. The first kappa shape index (κ1) is 13.9. The van der Waals surface area contributed by atoms with Crippen LogP contribution >= 0.6 is 11.8 Å². The first-order valence-corrected chi connectivity index (χ1v) is 6.40. The lowest BCUT2D eigenvalue weighted by Gasteiger charge is -2.09. The molecule has 2 N–H and O–H groups in total. The van der Waals surface area contributed by atoms with Crippen LogP contribution in [0.25, 0.3) is 0 Å². The third-order valence-electron chi connectivity index (χ3n) is 1.87. The number of benzene rings is 1. The highest BCUT2D eigenvalue weighted by Gasteiger charge is 2.21. The van der Waals surface area contributed by atoms with Gasteiger partial charge in [0, 0.05) is 11.8 Å². The number of carbonyl (C=O) groups is 1. The fourth-order valence-corrected chi connectivity index (χ4v) is 2.07. The van der Waals surface area contributed by atoms with Gasteiger partial charge >= 0.3 is 5.97 Å². The summed E-state index contributed by atoms with van der Waals surface area (Å²) < 4.78 is 28.0. The maximum absolute atomic E-state index is 11.6. The van der Waals surface area contributed by atoms with Gasteiger partial charge in [-0.1, -0.05) is 6.07 Å². The average molecular weight is 279 g/mol. The second-order valence-electron chi connectivity index (χ2n) is 3.00. The summed E-state index contributed by atoms with van der Waals surface area (Å²) in [6, 6.07) is 5.27. The molecule has 1 aromatic carbocycles. The predicted molar refractivity (Wildman–Crippen MR) is 61.5 cm³/mol. The maximum Gasteiger partial charge on any atom is 0.338 e. The highest BCUT2D eigenvalue weighted by atomic mass is 35.5. The largest absolute Gasteiger partial charge is 0.462 e. The molecule has 0 aromatic heterocycles. The molecule has 0 saturated carbocycles. The maximum atomic E-state index is 11.6.